The molecule has 0 bridgehead atoms. The van der Waals surface area contributed by atoms with Crippen LogP contribution < -0.4 is 15.8 Å². The fourth-order valence-corrected chi connectivity index (χ4v) is 2.56. The second-order valence-corrected chi connectivity index (χ2v) is 5.08. The highest BCUT2D eigenvalue weighted by Crippen LogP contribution is 2.40. The van der Waals surface area contributed by atoms with E-state index in [0.717, 1.165) is 10.8 Å². The lowest BCUT2D eigenvalue weighted by molar-refractivity contribution is 0.325. The van der Waals surface area contributed by atoms with E-state index in [-0.39, 0.29) is 5.66 Å². The van der Waals surface area contributed by atoms with Crippen LogP contribution in [0.2, 0.25) is 0 Å². The third-order valence-corrected chi connectivity index (χ3v) is 3.61. The molecule has 84 valence electrons. The van der Waals surface area contributed by atoms with E-state index in [1.807, 2.05) is 23.2 Å². The number of hydrazine groups is 1. The molecule has 1 saturated carbocycles. The van der Waals surface area contributed by atoms with Crippen molar-refractivity contribution >= 4 is 23.0 Å². The molecule has 1 saturated heterocycles. The SMILES string of the molecule is C[C@@]1(C2CC2)NC(=S)N(c2ccccc2)N1. The van der Waals surface area contributed by atoms with Gasteiger partial charge >= 0.3 is 0 Å². The topological polar surface area (TPSA) is 27.3 Å². The molecule has 4 heteroatoms. The van der Waals surface area contributed by atoms with Crippen molar-refractivity contribution in [2.45, 2.75) is 25.4 Å². The van der Waals surface area contributed by atoms with Crippen LogP contribution in [0.1, 0.15) is 19.8 Å². The molecule has 1 aliphatic heterocycles. The molecule has 0 radical (unpaired) electrons. The summed E-state index contributed by atoms with van der Waals surface area (Å²) in [6, 6.07) is 10.2. The van der Waals surface area contributed by atoms with Crippen molar-refractivity contribution < 1.29 is 0 Å². The zero-order valence-corrected chi connectivity index (χ0v) is 10.1. The second kappa shape index (κ2) is 3.43. The average molecular weight is 233 g/mol. The van der Waals surface area contributed by atoms with Crippen LogP contribution in [0.4, 0.5) is 5.69 Å². The van der Waals surface area contributed by atoms with E-state index in [1.165, 1.54) is 12.8 Å². The number of benzene rings is 1. The number of hydrogen-bond donors (Lipinski definition) is 2. The maximum Gasteiger partial charge on any atom is 0.189 e. The van der Waals surface area contributed by atoms with Gasteiger partial charge in [0.2, 0.25) is 0 Å². The molecule has 2 fully saturated rings. The molecule has 0 unspecified atom stereocenters. The third-order valence-electron chi connectivity index (χ3n) is 3.32. The van der Waals surface area contributed by atoms with Crippen LogP contribution >= 0.6 is 12.2 Å². The van der Waals surface area contributed by atoms with Crippen LogP contribution in [0, 0.1) is 5.92 Å². The monoisotopic (exact) mass is 233 g/mol. The first-order valence-electron chi connectivity index (χ1n) is 5.64. The lowest BCUT2D eigenvalue weighted by Crippen LogP contribution is -2.50. The van der Waals surface area contributed by atoms with Crippen LogP contribution in [0.3, 0.4) is 0 Å². The van der Waals surface area contributed by atoms with Gasteiger partial charge in [-0.2, -0.15) is 0 Å². The van der Waals surface area contributed by atoms with Crippen molar-refractivity contribution in [3.8, 4) is 0 Å². The van der Waals surface area contributed by atoms with Gasteiger partial charge in [0.15, 0.2) is 5.11 Å². The molecular weight excluding hydrogens is 218 g/mol. The minimum absolute atomic E-state index is 0.0626. The number of rotatable bonds is 2. The van der Waals surface area contributed by atoms with Crippen molar-refractivity contribution in [1.29, 1.82) is 0 Å². The second-order valence-electron chi connectivity index (χ2n) is 4.69. The molecule has 1 heterocycles. The highest BCUT2D eigenvalue weighted by molar-refractivity contribution is 7.80. The quantitative estimate of drug-likeness (QED) is 0.764. The van der Waals surface area contributed by atoms with E-state index < -0.39 is 0 Å². The molecule has 2 aliphatic rings. The summed E-state index contributed by atoms with van der Waals surface area (Å²) in [6.07, 6.45) is 2.56. The van der Waals surface area contributed by atoms with Crippen LogP contribution in [0.15, 0.2) is 30.3 Å². The van der Waals surface area contributed by atoms with E-state index in [4.69, 9.17) is 12.2 Å². The Hall–Kier alpha value is -1.13. The Morgan fingerprint density at radius 3 is 2.62 bits per heavy atom. The fraction of sp³-hybridized carbons (Fsp3) is 0.417. The molecule has 0 amide bonds. The molecule has 1 aromatic carbocycles. The van der Waals surface area contributed by atoms with Crippen molar-refractivity contribution in [3.05, 3.63) is 30.3 Å². The molecule has 0 spiro atoms. The fourth-order valence-electron chi connectivity index (χ4n) is 2.20. The maximum absolute atomic E-state index is 5.37. The van der Waals surface area contributed by atoms with Crippen LogP contribution in [-0.2, 0) is 0 Å². The first-order valence-corrected chi connectivity index (χ1v) is 6.05. The van der Waals surface area contributed by atoms with Crippen molar-refractivity contribution in [2.24, 2.45) is 5.92 Å². The first kappa shape index (κ1) is 10.1. The van der Waals surface area contributed by atoms with Crippen molar-refractivity contribution in [1.82, 2.24) is 10.7 Å². The Labute approximate surface area is 101 Å². The third kappa shape index (κ3) is 1.58. The predicted octanol–water partition coefficient (Wildman–Crippen LogP) is 2.01. The standard InChI is InChI=1S/C12H15N3S/c1-12(9-7-8-9)13-11(16)15(14-12)10-5-3-2-4-6-10/h2-6,9,14H,7-8H2,1H3,(H,13,16)/t12-/m1/s1. The smallest absolute Gasteiger partial charge is 0.189 e. The summed E-state index contributed by atoms with van der Waals surface area (Å²) in [6.45, 7) is 2.18. The van der Waals surface area contributed by atoms with Gasteiger partial charge in [0.25, 0.3) is 0 Å². The lowest BCUT2D eigenvalue weighted by atomic mass is 10.1. The molecule has 1 aromatic rings. The molecule has 16 heavy (non-hydrogen) atoms. The number of hydrogen-bond acceptors (Lipinski definition) is 2. The van der Waals surface area contributed by atoms with Gasteiger partial charge in [0, 0.05) is 0 Å². The van der Waals surface area contributed by atoms with Gasteiger partial charge in [-0.15, -0.1) is 0 Å². The number of nitrogens with zero attached hydrogens (tertiary/aromatic N) is 1. The summed E-state index contributed by atoms with van der Waals surface area (Å²) in [5.41, 5.74) is 4.50. The molecule has 1 aliphatic carbocycles. The Balaban J connectivity index is 1.85. The van der Waals surface area contributed by atoms with Crippen LogP contribution in [0.5, 0.6) is 0 Å². The molecule has 0 aromatic heterocycles. The highest BCUT2D eigenvalue weighted by Gasteiger charge is 2.47. The molecule has 1 atom stereocenters. The minimum atomic E-state index is -0.0626. The number of thiocarbonyl (C=S) groups is 1. The summed E-state index contributed by atoms with van der Waals surface area (Å²) in [7, 11) is 0. The lowest BCUT2D eigenvalue weighted by Gasteiger charge is -2.25. The van der Waals surface area contributed by atoms with E-state index >= 15 is 0 Å². The average Bonchev–Trinajstić information content (AvgIpc) is 3.08. The molecule has 2 N–H and O–H groups in total. The van der Waals surface area contributed by atoms with Crippen molar-refractivity contribution in [3.63, 3.8) is 0 Å². The highest BCUT2D eigenvalue weighted by atomic mass is 32.1. The molecule has 3 rings (SSSR count). The summed E-state index contributed by atoms with van der Waals surface area (Å²) in [5.74, 6) is 0.694. The molecular formula is C12H15N3S. The Morgan fingerprint density at radius 2 is 2.00 bits per heavy atom. The van der Waals surface area contributed by atoms with Gasteiger partial charge in [-0.05, 0) is 50.0 Å². The zero-order valence-electron chi connectivity index (χ0n) is 9.23. The van der Waals surface area contributed by atoms with E-state index in [1.54, 1.807) is 0 Å². The predicted molar refractivity (Wildman–Crippen MR) is 68.9 cm³/mol. The number of para-hydroxylation sites is 1. The van der Waals surface area contributed by atoms with E-state index in [0.29, 0.717) is 5.92 Å². The Morgan fingerprint density at radius 1 is 1.31 bits per heavy atom. The van der Waals surface area contributed by atoms with Gasteiger partial charge in [-0.3, -0.25) is 5.01 Å². The largest absolute Gasteiger partial charge is 0.342 e. The summed E-state index contributed by atoms with van der Waals surface area (Å²) in [5, 5.41) is 6.12. The Kier molecular flexibility index (Phi) is 2.16. The Bertz CT molecular complexity index is 416. The molecule has 3 nitrogen and oxygen atoms in total. The van der Waals surface area contributed by atoms with E-state index in [9.17, 15) is 0 Å². The van der Waals surface area contributed by atoms with E-state index in [2.05, 4.69) is 29.8 Å². The van der Waals surface area contributed by atoms with Crippen LogP contribution in [0.25, 0.3) is 0 Å². The van der Waals surface area contributed by atoms with Gasteiger partial charge in [-0.1, -0.05) is 18.2 Å². The van der Waals surface area contributed by atoms with Gasteiger partial charge < -0.3 is 5.32 Å². The minimum Gasteiger partial charge on any atom is -0.342 e. The zero-order chi connectivity index (χ0) is 11.2. The van der Waals surface area contributed by atoms with Crippen molar-refractivity contribution in [2.75, 3.05) is 5.01 Å². The van der Waals surface area contributed by atoms with Crippen LogP contribution in [-0.4, -0.2) is 10.8 Å². The normalized spacial score (nSPS) is 29.3. The van der Waals surface area contributed by atoms with Gasteiger partial charge in [0.05, 0.1) is 5.69 Å². The summed E-state index contributed by atoms with van der Waals surface area (Å²) >= 11 is 5.37. The first-order chi connectivity index (χ1) is 7.69. The van der Waals surface area contributed by atoms with Gasteiger partial charge in [0.1, 0.15) is 5.66 Å². The summed E-state index contributed by atoms with van der Waals surface area (Å²) in [4.78, 5) is 0. The number of nitrogens with one attached hydrogen (secondary N) is 2. The number of anilines is 1. The summed E-state index contributed by atoms with van der Waals surface area (Å²) < 4.78 is 0. The maximum atomic E-state index is 5.37. The van der Waals surface area contributed by atoms with Gasteiger partial charge in [-0.25, -0.2) is 5.43 Å².